The van der Waals surface area contributed by atoms with Gasteiger partial charge in [-0.2, -0.15) is 13.5 Å². The molecule has 0 aliphatic rings. The Morgan fingerprint density at radius 1 is 1.14 bits per heavy atom. The van der Waals surface area contributed by atoms with Crippen molar-refractivity contribution in [3.05, 3.63) is 58.9 Å². The van der Waals surface area contributed by atoms with E-state index in [0.717, 1.165) is 6.33 Å². The fourth-order valence-corrected chi connectivity index (χ4v) is 3.11. The van der Waals surface area contributed by atoms with E-state index in [0.29, 0.717) is 9.47 Å². The van der Waals surface area contributed by atoms with E-state index in [4.69, 9.17) is 0 Å². The molecule has 2 heterocycles. The molecule has 3 aromatic rings. The highest BCUT2D eigenvalue weighted by atomic mass is 32.2. The summed E-state index contributed by atoms with van der Waals surface area (Å²) in [6.45, 7) is 0. The number of fused-ring (bicyclic) bond motifs is 1. The van der Waals surface area contributed by atoms with Gasteiger partial charge in [-0.25, -0.2) is 0 Å². The number of nitrogens with zero attached hydrogens (tertiary/aromatic N) is 4. The average molecular weight is 306 g/mol. The normalized spacial score (nSPS) is 11.6. The van der Waals surface area contributed by atoms with Gasteiger partial charge in [0.05, 0.1) is 5.52 Å². The monoisotopic (exact) mass is 306 g/mol. The summed E-state index contributed by atoms with van der Waals surface area (Å²) in [5, 5.41) is 23.9. The number of aromatic amines is 1. The molecular formula is C11H8N5O4S-. The third kappa shape index (κ3) is 2.10. The molecule has 10 heteroatoms. The van der Waals surface area contributed by atoms with Gasteiger partial charge in [0.2, 0.25) is 6.33 Å². The zero-order valence-electron chi connectivity index (χ0n) is 10.4. The summed E-state index contributed by atoms with van der Waals surface area (Å²) in [6, 6.07) is 8.09. The van der Waals surface area contributed by atoms with E-state index in [-0.39, 0.29) is 10.4 Å². The van der Waals surface area contributed by atoms with Crippen LogP contribution in [0.25, 0.3) is 10.9 Å². The van der Waals surface area contributed by atoms with Crippen LogP contribution in [0.15, 0.2) is 47.8 Å². The van der Waals surface area contributed by atoms with E-state index in [1.54, 1.807) is 24.3 Å². The van der Waals surface area contributed by atoms with Crippen LogP contribution in [0.4, 0.5) is 0 Å². The summed E-state index contributed by atoms with van der Waals surface area (Å²) in [6.07, 6.45) is 2.32. The molecule has 3 rings (SSSR count). The highest BCUT2D eigenvalue weighted by molar-refractivity contribution is 7.90. The molecule has 0 aliphatic heterocycles. The van der Waals surface area contributed by atoms with Crippen molar-refractivity contribution in [1.82, 2.24) is 24.1 Å². The van der Waals surface area contributed by atoms with Crippen LogP contribution in [0.1, 0.15) is 0 Å². The molecule has 1 aromatic carbocycles. The second kappa shape index (κ2) is 4.59. The number of nitrogens with one attached hydrogen (secondary N) is 1. The van der Waals surface area contributed by atoms with Crippen molar-refractivity contribution in [2.45, 2.75) is 4.90 Å². The molecule has 0 bridgehead atoms. The van der Waals surface area contributed by atoms with Crippen LogP contribution < -0.4 is 10.5 Å². The molecule has 0 saturated carbocycles. The lowest BCUT2D eigenvalue weighted by Crippen LogP contribution is -2.25. The van der Waals surface area contributed by atoms with Gasteiger partial charge in [0, 0.05) is 11.6 Å². The maximum absolute atomic E-state index is 12.5. The Hall–Kier alpha value is -2.88. The Morgan fingerprint density at radius 2 is 1.90 bits per heavy atom. The zero-order valence-corrected chi connectivity index (χ0v) is 11.2. The number of rotatable bonds is 2. The average Bonchev–Trinajstić information content (AvgIpc) is 2.97. The van der Waals surface area contributed by atoms with Gasteiger partial charge in [-0.05, 0) is 12.1 Å². The summed E-state index contributed by atoms with van der Waals surface area (Å²) in [4.78, 5) is 6.57. The van der Waals surface area contributed by atoms with E-state index >= 15 is 0 Å². The summed E-state index contributed by atoms with van der Waals surface area (Å²) in [5.41, 5.74) is -0.378. The highest BCUT2D eigenvalue weighted by Crippen LogP contribution is 2.21. The third-order valence-electron chi connectivity index (χ3n) is 2.80. The van der Waals surface area contributed by atoms with Gasteiger partial charge < -0.3 is 10.4 Å². The number of pyridine rings is 1. The predicted octanol–water partition coefficient (Wildman–Crippen LogP) is -0.236. The molecule has 2 aromatic heterocycles. The number of H-pyrrole nitrogens is 1. The van der Waals surface area contributed by atoms with E-state index in [1.807, 2.05) is 0 Å². The minimum atomic E-state index is -4.05. The summed E-state index contributed by atoms with van der Waals surface area (Å²) in [5.74, 6) is 0. The Bertz CT molecular complexity index is 980. The molecule has 0 aliphatic carbocycles. The molecule has 0 fully saturated rings. The summed E-state index contributed by atoms with van der Waals surface area (Å²) >= 11 is 0. The minimum Gasteiger partial charge on any atom is -0.744 e. The van der Waals surface area contributed by atoms with E-state index in [1.165, 1.54) is 12.3 Å². The van der Waals surface area contributed by atoms with Gasteiger partial charge in [-0.3, -0.25) is 9.89 Å². The van der Waals surface area contributed by atoms with Crippen LogP contribution in [0.5, 0.6) is 0 Å². The molecule has 0 radical (unpaired) electrons. The van der Waals surface area contributed by atoms with Gasteiger partial charge in [-0.15, -0.1) is 0 Å². The van der Waals surface area contributed by atoms with Crippen molar-refractivity contribution in [3.8, 4) is 0 Å². The van der Waals surface area contributed by atoms with Gasteiger partial charge in [0.25, 0.3) is 10.0 Å². The SMILES string of the molecule is O=S(=O)(c1cccc2cccnc12)n1cnc(=[N+]([O-])[O-])[nH]1. The Kier molecular flexibility index (Phi) is 2.87. The Morgan fingerprint density at radius 3 is 2.62 bits per heavy atom. The summed E-state index contributed by atoms with van der Waals surface area (Å²) < 4.78 is 25.6. The molecular weight excluding hydrogens is 298 g/mol. The second-order valence-corrected chi connectivity index (χ2v) is 5.85. The highest BCUT2D eigenvalue weighted by Gasteiger charge is 2.23. The Balaban J connectivity index is 2.28. The molecule has 0 atom stereocenters. The molecule has 21 heavy (non-hydrogen) atoms. The van der Waals surface area contributed by atoms with E-state index in [2.05, 4.69) is 15.1 Å². The molecule has 0 unspecified atom stereocenters. The lowest BCUT2D eigenvalue weighted by Gasteiger charge is -2.09. The summed E-state index contributed by atoms with van der Waals surface area (Å²) in [7, 11) is -4.05. The number of para-hydroxylation sites is 1. The van der Waals surface area contributed by atoms with Crippen LogP contribution >= 0.6 is 0 Å². The van der Waals surface area contributed by atoms with Crippen LogP contribution in [0.2, 0.25) is 0 Å². The minimum absolute atomic E-state index is 0.0656. The first kappa shape index (κ1) is 13.1. The van der Waals surface area contributed by atoms with Crippen molar-refractivity contribution in [2.24, 2.45) is 0 Å². The fraction of sp³-hybridized carbons (Fsp3) is 0. The number of hydrogen-bond donors (Lipinski definition) is 1. The van der Waals surface area contributed by atoms with Crippen molar-refractivity contribution in [2.75, 3.05) is 0 Å². The smallest absolute Gasteiger partial charge is 0.412 e. The maximum atomic E-state index is 12.5. The van der Waals surface area contributed by atoms with Gasteiger partial charge in [-0.1, -0.05) is 27.3 Å². The van der Waals surface area contributed by atoms with Crippen molar-refractivity contribution < 1.29 is 8.42 Å². The molecule has 0 amide bonds. The van der Waals surface area contributed by atoms with Gasteiger partial charge >= 0.3 is 5.62 Å². The molecule has 0 spiro atoms. The van der Waals surface area contributed by atoms with E-state index in [9.17, 15) is 18.8 Å². The molecule has 1 N–H and O–H groups in total. The molecule has 9 nitrogen and oxygen atoms in total. The lowest BCUT2D eigenvalue weighted by molar-refractivity contribution is 0.579. The Labute approximate surface area is 118 Å². The fourth-order valence-electron chi connectivity index (χ4n) is 1.86. The van der Waals surface area contributed by atoms with Gasteiger partial charge in [0.15, 0.2) is 0 Å². The zero-order chi connectivity index (χ0) is 15.0. The lowest BCUT2D eigenvalue weighted by atomic mass is 10.2. The van der Waals surface area contributed by atoms with Gasteiger partial charge in [0.1, 0.15) is 4.90 Å². The second-order valence-electron chi connectivity index (χ2n) is 4.07. The van der Waals surface area contributed by atoms with Crippen molar-refractivity contribution in [3.63, 3.8) is 0 Å². The quantitative estimate of drug-likeness (QED) is 0.650. The molecule has 0 saturated heterocycles. The van der Waals surface area contributed by atoms with Crippen LogP contribution in [-0.4, -0.2) is 27.6 Å². The standard InChI is InChI=1S/C11H8N5O4S/c17-16(18)11-13-7-15(14-11)21(19,20)9-5-1-3-8-4-2-6-12-10(8)9/h1-7,14H/q-1. The van der Waals surface area contributed by atoms with E-state index < -0.39 is 20.5 Å². The predicted molar refractivity (Wildman–Crippen MR) is 72.9 cm³/mol. The third-order valence-corrected chi connectivity index (χ3v) is 4.39. The van der Waals surface area contributed by atoms with Crippen molar-refractivity contribution >= 4 is 20.9 Å². The first-order valence-corrected chi connectivity index (χ1v) is 7.14. The van der Waals surface area contributed by atoms with Crippen LogP contribution in [0, 0.1) is 10.4 Å². The van der Waals surface area contributed by atoms with Crippen molar-refractivity contribution in [1.29, 1.82) is 0 Å². The number of hydrogen-bond acceptors (Lipinski definition) is 6. The first-order valence-electron chi connectivity index (χ1n) is 5.70. The topological polar surface area (TPSA) is 130 Å². The maximum Gasteiger partial charge on any atom is 0.412 e. The molecule has 108 valence electrons. The number of benzene rings is 1. The van der Waals surface area contributed by atoms with Crippen LogP contribution in [0.3, 0.4) is 0 Å². The largest absolute Gasteiger partial charge is 0.744 e. The first-order chi connectivity index (χ1) is 10.00. The number of aromatic nitrogens is 4. The van der Waals surface area contributed by atoms with Crippen LogP contribution in [-0.2, 0) is 10.0 Å².